The first kappa shape index (κ1) is 24.2. The number of allylic oxidation sites excluding steroid dienone is 2. The van der Waals surface area contributed by atoms with Crippen LogP contribution in [0.3, 0.4) is 0 Å². The minimum absolute atomic E-state index is 0.0267. The summed E-state index contributed by atoms with van der Waals surface area (Å²) in [7, 11) is 16.8. The Morgan fingerprint density at radius 3 is 1.28 bits per heavy atom. The topological polar surface area (TPSA) is 0 Å². The van der Waals surface area contributed by atoms with E-state index in [2.05, 4.69) is 134 Å². The van der Waals surface area contributed by atoms with E-state index in [1.54, 1.807) is 0 Å². The Morgan fingerprint density at radius 2 is 0.889 bits per heavy atom. The number of benzene rings is 4. The zero-order chi connectivity index (χ0) is 24.9. The van der Waals surface area contributed by atoms with Gasteiger partial charge < -0.3 is 0 Å². The standard InChI is InChI=1S/2C15H11.C2H7Si.2ClH.Ti/c2*1-2-6-12(7-3-1)15-10-13-8-4-5-9-14(13)11-15;1-3-2;;;/h2*1-11H;3H,1-2H3;2*1H;/q;;;;;+2/p-2. The summed E-state index contributed by atoms with van der Waals surface area (Å²) in [5, 5.41) is 0. The molecule has 2 unspecified atom stereocenters. The van der Waals surface area contributed by atoms with E-state index in [0.717, 1.165) is 0 Å². The second kappa shape index (κ2) is 9.01. The summed E-state index contributed by atoms with van der Waals surface area (Å²) in [6, 6.07) is 39.0. The first-order chi connectivity index (χ1) is 17.4. The number of rotatable bonds is 5. The fourth-order valence-electron chi connectivity index (χ4n) is 6.43. The van der Waals surface area contributed by atoms with Crippen molar-refractivity contribution < 1.29 is 12.4 Å². The molecule has 2 atom stereocenters. The number of hydrogen-bond acceptors (Lipinski definition) is 0. The third-order valence-electron chi connectivity index (χ3n) is 8.28. The van der Waals surface area contributed by atoms with Crippen LogP contribution in [0.4, 0.5) is 0 Å². The summed E-state index contributed by atoms with van der Waals surface area (Å²) in [4.78, 5) is 0. The zero-order valence-electron chi connectivity index (χ0n) is 20.5. The molecule has 6 rings (SSSR count). The number of fused-ring (bicyclic) bond motifs is 2. The fraction of sp³-hybridized carbons (Fsp3) is 0.125. The van der Waals surface area contributed by atoms with E-state index in [1.165, 1.54) is 44.5 Å². The molecule has 0 radical (unpaired) electrons. The van der Waals surface area contributed by atoms with Crippen molar-refractivity contribution in [3.63, 3.8) is 0 Å². The maximum absolute atomic E-state index is 8.42. The molecule has 179 valence electrons. The minimum atomic E-state index is -4.50. The first-order valence-corrected chi connectivity index (χ1v) is 24.4. The summed E-state index contributed by atoms with van der Waals surface area (Å²) < 4.78 is 0.0535. The van der Waals surface area contributed by atoms with Crippen LogP contribution in [0, 0.1) is 0 Å². The number of halogens is 2. The Balaban J connectivity index is 1.65. The molecule has 0 heterocycles. The van der Waals surface area contributed by atoms with Crippen molar-refractivity contribution in [1.29, 1.82) is 0 Å². The molecule has 36 heavy (non-hydrogen) atoms. The van der Waals surface area contributed by atoms with E-state index in [0.29, 0.717) is 0 Å². The SMILES string of the molecule is C[SiH](C)[Ti]([Cl])([Cl])([CH]1C(c2ccccc2)=Cc2ccccc21)[CH]1C(c2ccccc2)=Cc2ccccc21. The van der Waals surface area contributed by atoms with Gasteiger partial charge in [-0.25, -0.2) is 0 Å². The van der Waals surface area contributed by atoms with Crippen LogP contribution in [0.1, 0.15) is 41.8 Å². The van der Waals surface area contributed by atoms with Gasteiger partial charge in [0.05, 0.1) is 0 Å². The fourth-order valence-corrected chi connectivity index (χ4v) is 26.7. The Labute approximate surface area is 223 Å². The molecule has 0 amide bonds. The van der Waals surface area contributed by atoms with Gasteiger partial charge in [-0.2, -0.15) is 0 Å². The third kappa shape index (κ3) is 3.60. The molecule has 0 nitrogen and oxygen atoms in total. The molecule has 0 bridgehead atoms. The Bertz CT molecular complexity index is 1400. The maximum atomic E-state index is 8.42. The summed E-state index contributed by atoms with van der Waals surface area (Å²) in [6.45, 7) is 3.16. The molecule has 0 aromatic heterocycles. The van der Waals surface area contributed by atoms with Crippen molar-refractivity contribution in [3.8, 4) is 0 Å². The van der Waals surface area contributed by atoms with Gasteiger partial charge in [-0.05, 0) is 0 Å². The van der Waals surface area contributed by atoms with Crippen LogP contribution in [0.25, 0.3) is 23.3 Å². The second-order valence-corrected chi connectivity index (χ2v) is 39.7. The van der Waals surface area contributed by atoms with Crippen LogP contribution in [0.5, 0.6) is 0 Å². The van der Waals surface area contributed by atoms with Gasteiger partial charge >= 0.3 is 225 Å². The Kier molecular flexibility index (Phi) is 6.06. The second-order valence-electron chi connectivity index (χ2n) is 10.4. The van der Waals surface area contributed by atoms with Gasteiger partial charge in [-0.3, -0.25) is 0 Å². The van der Waals surface area contributed by atoms with Crippen molar-refractivity contribution in [3.05, 3.63) is 143 Å². The normalized spacial score (nSPS) is 19.8. The average molecular weight is 560 g/mol. The summed E-state index contributed by atoms with van der Waals surface area (Å²) in [5.74, 6) is 0. The molecule has 0 fully saturated rings. The van der Waals surface area contributed by atoms with E-state index < -0.39 is 19.1 Å². The average Bonchev–Trinajstić information content (AvgIpc) is 3.50. The summed E-state index contributed by atoms with van der Waals surface area (Å²) in [6.07, 6.45) is 4.71. The van der Waals surface area contributed by atoms with Gasteiger partial charge in [0.2, 0.25) is 0 Å². The molecular formula is C32H29Cl2SiTi. The van der Waals surface area contributed by atoms with Crippen molar-refractivity contribution in [2.75, 3.05) is 0 Å². The van der Waals surface area contributed by atoms with Crippen LogP contribution in [0.2, 0.25) is 13.1 Å². The molecule has 0 saturated carbocycles. The van der Waals surface area contributed by atoms with Gasteiger partial charge in [0.25, 0.3) is 0 Å². The summed E-state index contributed by atoms with van der Waals surface area (Å²) in [5.41, 5.74) is 10.1. The van der Waals surface area contributed by atoms with Crippen LogP contribution in [0.15, 0.2) is 109 Å². The molecule has 4 heteroatoms. The van der Waals surface area contributed by atoms with Crippen molar-refractivity contribution in [2.45, 2.75) is 21.5 Å². The van der Waals surface area contributed by atoms with Crippen molar-refractivity contribution in [1.82, 2.24) is 0 Å². The van der Waals surface area contributed by atoms with Crippen LogP contribution >= 0.6 is 18.6 Å². The molecule has 4 aromatic carbocycles. The Hall–Kier alpha value is -2.13. The molecule has 2 aliphatic rings. The van der Waals surface area contributed by atoms with E-state index >= 15 is 0 Å². The molecule has 0 spiro atoms. The van der Waals surface area contributed by atoms with E-state index in [4.69, 9.17) is 18.6 Å². The Morgan fingerprint density at radius 1 is 0.528 bits per heavy atom. The molecule has 4 aromatic rings. The van der Waals surface area contributed by atoms with Gasteiger partial charge in [-0.15, -0.1) is 0 Å². The van der Waals surface area contributed by atoms with Crippen LogP contribution in [-0.4, -0.2) is 6.66 Å². The monoisotopic (exact) mass is 559 g/mol. The zero-order valence-corrected chi connectivity index (χ0v) is 24.8. The predicted molar refractivity (Wildman–Crippen MR) is 158 cm³/mol. The molecule has 2 aliphatic carbocycles. The quantitative estimate of drug-likeness (QED) is 0.213. The molecule has 0 aliphatic heterocycles. The van der Waals surface area contributed by atoms with Crippen LogP contribution in [-0.2, 0) is 12.4 Å². The van der Waals surface area contributed by atoms with Gasteiger partial charge in [-0.1, -0.05) is 0 Å². The summed E-state index contributed by atoms with van der Waals surface area (Å²) >= 11 is -4.50. The molecule has 0 saturated heterocycles. The van der Waals surface area contributed by atoms with Crippen molar-refractivity contribution in [2.24, 2.45) is 0 Å². The van der Waals surface area contributed by atoms with Gasteiger partial charge in [0.1, 0.15) is 0 Å². The number of hydrogen-bond donors (Lipinski definition) is 0. The van der Waals surface area contributed by atoms with Crippen LogP contribution < -0.4 is 0 Å². The van der Waals surface area contributed by atoms with E-state index in [1.807, 2.05) is 0 Å². The third-order valence-corrected chi connectivity index (χ3v) is 43.4. The molecule has 0 N–H and O–H groups in total. The van der Waals surface area contributed by atoms with E-state index in [-0.39, 0.29) is 8.45 Å². The van der Waals surface area contributed by atoms with Gasteiger partial charge in [0.15, 0.2) is 0 Å². The van der Waals surface area contributed by atoms with E-state index in [9.17, 15) is 0 Å². The predicted octanol–water partition coefficient (Wildman–Crippen LogP) is 9.56. The first-order valence-electron chi connectivity index (χ1n) is 12.7. The molecular weight excluding hydrogens is 531 g/mol. The van der Waals surface area contributed by atoms with Gasteiger partial charge in [0, 0.05) is 0 Å². The van der Waals surface area contributed by atoms with Crippen molar-refractivity contribution >= 4 is 48.6 Å².